The molecule has 1 aromatic heterocycles. The number of benzene rings is 2. The molecule has 2 heterocycles. The van der Waals surface area contributed by atoms with Gasteiger partial charge in [-0.2, -0.15) is 0 Å². The number of carbonyl (C=O) groups excluding carboxylic acids is 1. The molecule has 152 valence electrons. The van der Waals surface area contributed by atoms with Crippen LogP contribution in [-0.4, -0.2) is 63.7 Å². The van der Waals surface area contributed by atoms with Crippen molar-refractivity contribution in [2.75, 3.05) is 49.7 Å². The zero-order chi connectivity index (χ0) is 20.6. The number of rotatable bonds is 4. The summed E-state index contributed by atoms with van der Waals surface area (Å²) in [5.41, 5.74) is 2.00. The van der Waals surface area contributed by atoms with E-state index in [1.807, 2.05) is 18.2 Å². The highest BCUT2D eigenvalue weighted by Crippen LogP contribution is 2.31. The van der Waals surface area contributed by atoms with E-state index in [2.05, 4.69) is 22.2 Å². The summed E-state index contributed by atoms with van der Waals surface area (Å²) in [4.78, 5) is 22.0. The van der Waals surface area contributed by atoms with Gasteiger partial charge in [-0.1, -0.05) is 11.3 Å². The molecular weight excluding hydrogens is 408 g/mol. The lowest BCUT2D eigenvalue weighted by atomic mass is 10.2. The maximum atomic E-state index is 12.5. The number of thiazole rings is 1. The summed E-state index contributed by atoms with van der Waals surface area (Å²) in [6.45, 7) is 3.97. The predicted molar refractivity (Wildman–Crippen MR) is 117 cm³/mol. The Morgan fingerprint density at radius 3 is 2.41 bits per heavy atom. The molecule has 3 aromatic rings. The molecule has 1 amide bonds. The lowest BCUT2D eigenvalue weighted by Crippen LogP contribution is -2.44. The summed E-state index contributed by atoms with van der Waals surface area (Å²) in [6.07, 6.45) is 1.14. The Morgan fingerprint density at radius 2 is 1.76 bits per heavy atom. The van der Waals surface area contributed by atoms with E-state index >= 15 is 0 Å². The van der Waals surface area contributed by atoms with Crippen LogP contribution < -0.4 is 10.2 Å². The summed E-state index contributed by atoms with van der Waals surface area (Å²) in [5.74, 6) is -0.284. The van der Waals surface area contributed by atoms with E-state index in [-0.39, 0.29) is 10.8 Å². The Kier molecular flexibility index (Phi) is 5.28. The Labute approximate surface area is 173 Å². The number of nitrogens with zero attached hydrogens (tertiary/aromatic N) is 3. The van der Waals surface area contributed by atoms with Crippen LogP contribution in [0, 0.1) is 0 Å². The van der Waals surface area contributed by atoms with E-state index in [4.69, 9.17) is 4.98 Å². The molecule has 1 fully saturated rings. The molecule has 9 heteroatoms. The van der Waals surface area contributed by atoms with E-state index in [9.17, 15) is 13.2 Å². The highest BCUT2D eigenvalue weighted by Gasteiger charge is 2.18. The minimum absolute atomic E-state index is 0.191. The first-order chi connectivity index (χ1) is 13.8. The fourth-order valence-electron chi connectivity index (χ4n) is 3.18. The first-order valence-electron chi connectivity index (χ1n) is 9.25. The minimum Gasteiger partial charge on any atom is -0.345 e. The normalized spacial score (nSPS) is 15.6. The summed E-state index contributed by atoms with van der Waals surface area (Å²) >= 11 is 1.63. The summed E-state index contributed by atoms with van der Waals surface area (Å²) in [5, 5.41) is 3.88. The fourth-order valence-corrected chi connectivity index (χ4v) is 4.87. The topological polar surface area (TPSA) is 82.6 Å². The molecule has 0 radical (unpaired) electrons. The molecule has 1 N–H and O–H groups in total. The maximum Gasteiger partial charge on any atom is 0.255 e. The predicted octanol–water partition coefficient (Wildman–Crippen LogP) is 2.70. The highest BCUT2D eigenvalue weighted by molar-refractivity contribution is 7.90. The number of hydrogen-bond donors (Lipinski definition) is 1. The van der Waals surface area contributed by atoms with E-state index in [1.54, 1.807) is 11.3 Å². The van der Waals surface area contributed by atoms with Crippen molar-refractivity contribution in [3.05, 3.63) is 48.0 Å². The molecule has 0 saturated carbocycles. The standard InChI is InChI=1S/C20H22N4O3S2/c1-23-9-11-24(12-10-23)20-22-17-8-5-15(13-18(17)28-20)21-19(25)14-3-6-16(7-4-14)29(2,26)27/h3-8,13H,9-12H2,1-2H3,(H,21,25). The molecule has 1 aliphatic heterocycles. The van der Waals surface area contributed by atoms with E-state index in [0.29, 0.717) is 11.3 Å². The second kappa shape index (κ2) is 7.74. The number of piperazine rings is 1. The maximum absolute atomic E-state index is 12.5. The summed E-state index contributed by atoms with van der Waals surface area (Å²) in [6, 6.07) is 11.6. The van der Waals surface area contributed by atoms with Gasteiger partial charge < -0.3 is 15.1 Å². The molecule has 0 atom stereocenters. The van der Waals surface area contributed by atoms with Gasteiger partial charge in [-0.3, -0.25) is 4.79 Å². The van der Waals surface area contributed by atoms with Gasteiger partial charge in [-0.25, -0.2) is 13.4 Å². The monoisotopic (exact) mass is 430 g/mol. The Bertz CT molecular complexity index is 1150. The van der Waals surface area contributed by atoms with Crippen LogP contribution in [0.15, 0.2) is 47.4 Å². The summed E-state index contributed by atoms with van der Waals surface area (Å²) in [7, 11) is -1.16. The van der Waals surface area contributed by atoms with Crippen molar-refractivity contribution in [2.45, 2.75) is 4.90 Å². The number of nitrogens with one attached hydrogen (secondary N) is 1. The van der Waals surface area contributed by atoms with Crippen LogP contribution in [0.3, 0.4) is 0 Å². The largest absolute Gasteiger partial charge is 0.345 e. The van der Waals surface area contributed by atoms with Crippen LogP contribution in [0.2, 0.25) is 0 Å². The number of carbonyl (C=O) groups is 1. The van der Waals surface area contributed by atoms with Gasteiger partial charge in [0.15, 0.2) is 15.0 Å². The number of hydrogen-bond acceptors (Lipinski definition) is 7. The average Bonchev–Trinajstić information content (AvgIpc) is 3.11. The van der Waals surface area contributed by atoms with E-state index in [0.717, 1.165) is 47.8 Å². The lowest BCUT2D eigenvalue weighted by Gasteiger charge is -2.31. The molecule has 1 aliphatic rings. The number of amides is 1. The van der Waals surface area contributed by atoms with Gasteiger partial charge in [0.1, 0.15) is 0 Å². The van der Waals surface area contributed by atoms with Gasteiger partial charge in [-0.15, -0.1) is 0 Å². The van der Waals surface area contributed by atoms with Crippen molar-refractivity contribution in [1.82, 2.24) is 9.88 Å². The van der Waals surface area contributed by atoms with Crippen molar-refractivity contribution >= 4 is 48.1 Å². The zero-order valence-corrected chi connectivity index (χ0v) is 17.9. The average molecular weight is 431 g/mol. The van der Waals surface area contributed by atoms with Gasteiger partial charge in [0.25, 0.3) is 5.91 Å². The Balaban J connectivity index is 1.50. The smallest absolute Gasteiger partial charge is 0.255 e. The van der Waals surface area contributed by atoms with Crippen molar-refractivity contribution in [3.8, 4) is 0 Å². The quantitative estimate of drug-likeness (QED) is 0.685. The Morgan fingerprint density at radius 1 is 1.07 bits per heavy atom. The van der Waals surface area contributed by atoms with Crippen molar-refractivity contribution in [1.29, 1.82) is 0 Å². The van der Waals surface area contributed by atoms with Crippen LogP contribution >= 0.6 is 11.3 Å². The number of fused-ring (bicyclic) bond motifs is 1. The van der Waals surface area contributed by atoms with E-state index in [1.165, 1.54) is 24.3 Å². The number of sulfone groups is 1. The fraction of sp³-hybridized carbons (Fsp3) is 0.300. The van der Waals surface area contributed by atoms with Crippen LogP contribution in [0.1, 0.15) is 10.4 Å². The molecule has 0 bridgehead atoms. The Hall–Kier alpha value is -2.49. The second-order valence-corrected chi connectivity index (χ2v) is 10.2. The zero-order valence-electron chi connectivity index (χ0n) is 16.3. The first-order valence-corrected chi connectivity index (χ1v) is 12.0. The minimum atomic E-state index is -3.28. The number of likely N-dealkylation sites (N-methyl/N-ethyl adjacent to an activating group) is 1. The molecule has 0 aliphatic carbocycles. The van der Waals surface area contributed by atoms with E-state index < -0.39 is 9.84 Å². The molecule has 2 aromatic carbocycles. The molecule has 0 spiro atoms. The third-order valence-electron chi connectivity index (χ3n) is 4.95. The van der Waals surface area contributed by atoms with Gasteiger partial charge >= 0.3 is 0 Å². The van der Waals surface area contributed by atoms with Crippen LogP contribution in [-0.2, 0) is 9.84 Å². The summed E-state index contributed by atoms with van der Waals surface area (Å²) < 4.78 is 24.1. The molecule has 1 saturated heterocycles. The number of anilines is 2. The molecular formula is C20H22N4O3S2. The molecule has 29 heavy (non-hydrogen) atoms. The third-order valence-corrected chi connectivity index (χ3v) is 7.16. The third kappa shape index (κ3) is 4.42. The van der Waals surface area contributed by atoms with Gasteiger partial charge in [0.05, 0.1) is 15.1 Å². The second-order valence-electron chi connectivity index (χ2n) is 7.22. The van der Waals surface area contributed by atoms with Gasteiger partial charge in [-0.05, 0) is 49.5 Å². The highest BCUT2D eigenvalue weighted by atomic mass is 32.2. The molecule has 7 nitrogen and oxygen atoms in total. The molecule has 0 unspecified atom stereocenters. The van der Waals surface area contributed by atoms with Crippen molar-refractivity contribution < 1.29 is 13.2 Å². The van der Waals surface area contributed by atoms with Gasteiger partial charge in [0, 0.05) is 43.7 Å². The molecule has 4 rings (SSSR count). The van der Waals surface area contributed by atoms with Crippen molar-refractivity contribution in [2.24, 2.45) is 0 Å². The van der Waals surface area contributed by atoms with Crippen molar-refractivity contribution in [3.63, 3.8) is 0 Å². The van der Waals surface area contributed by atoms with Crippen LogP contribution in [0.5, 0.6) is 0 Å². The first kappa shape index (κ1) is 19.8. The number of aromatic nitrogens is 1. The lowest BCUT2D eigenvalue weighted by molar-refractivity contribution is 0.102. The van der Waals surface area contributed by atoms with Crippen LogP contribution in [0.4, 0.5) is 10.8 Å². The van der Waals surface area contributed by atoms with Crippen LogP contribution in [0.25, 0.3) is 10.2 Å². The van der Waals surface area contributed by atoms with Gasteiger partial charge in [0.2, 0.25) is 0 Å². The SMILES string of the molecule is CN1CCN(c2nc3ccc(NC(=O)c4ccc(S(C)(=O)=O)cc4)cc3s2)CC1.